The summed E-state index contributed by atoms with van der Waals surface area (Å²) < 4.78 is 0. The topological polar surface area (TPSA) is 29.3 Å². The average Bonchev–Trinajstić information content (AvgIpc) is 1.88. The molecular formula is C8H18N2S. The summed E-state index contributed by atoms with van der Waals surface area (Å²) in [7, 11) is 2.07. The third kappa shape index (κ3) is 3.68. The van der Waals surface area contributed by atoms with Crippen molar-refractivity contribution in [2.45, 2.75) is 32.7 Å². The number of hydrogen-bond donors (Lipinski definition) is 1. The largest absolute Gasteiger partial charge is 0.392 e. The van der Waals surface area contributed by atoms with Gasteiger partial charge in [0.1, 0.15) is 0 Å². The lowest BCUT2D eigenvalue weighted by Crippen LogP contribution is -2.41. The van der Waals surface area contributed by atoms with Crippen molar-refractivity contribution >= 4 is 17.2 Å². The normalized spacial score (nSPS) is 13.5. The molecule has 0 bridgehead atoms. The molecule has 1 atom stereocenters. The lowest BCUT2D eigenvalue weighted by molar-refractivity contribution is 0.292. The standard InChI is InChI=1S/C8H18N2S/c1-4-6-10(3)7(5-2)8(9)11/h7H,4-6H2,1-3H3,(H2,9,11). The van der Waals surface area contributed by atoms with Gasteiger partial charge in [0, 0.05) is 0 Å². The van der Waals surface area contributed by atoms with Crippen molar-refractivity contribution in [3.8, 4) is 0 Å². The van der Waals surface area contributed by atoms with Crippen LogP contribution in [-0.2, 0) is 0 Å². The number of nitrogens with zero attached hydrogens (tertiary/aromatic N) is 1. The zero-order valence-corrected chi connectivity index (χ0v) is 8.45. The molecule has 2 nitrogen and oxygen atoms in total. The molecule has 0 aromatic rings. The highest BCUT2D eigenvalue weighted by Gasteiger charge is 2.13. The molecule has 3 heteroatoms. The van der Waals surface area contributed by atoms with Crippen LogP contribution in [0.5, 0.6) is 0 Å². The maximum Gasteiger partial charge on any atom is 0.0901 e. The molecule has 66 valence electrons. The predicted octanol–water partition coefficient (Wildman–Crippen LogP) is 1.39. The van der Waals surface area contributed by atoms with Crippen LogP contribution in [-0.4, -0.2) is 29.5 Å². The molecule has 0 amide bonds. The Labute approximate surface area is 74.8 Å². The second-order valence-corrected chi connectivity index (χ2v) is 3.28. The lowest BCUT2D eigenvalue weighted by Gasteiger charge is -2.25. The molecule has 0 aliphatic carbocycles. The summed E-state index contributed by atoms with van der Waals surface area (Å²) in [6.07, 6.45) is 2.15. The molecule has 0 saturated carbocycles. The zero-order valence-electron chi connectivity index (χ0n) is 7.63. The smallest absolute Gasteiger partial charge is 0.0901 e. The molecule has 0 rings (SSSR count). The van der Waals surface area contributed by atoms with Gasteiger partial charge >= 0.3 is 0 Å². The summed E-state index contributed by atoms with van der Waals surface area (Å²) >= 11 is 4.94. The van der Waals surface area contributed by atoms with Crippen LogP contribution in [0, 0.1) is 0 Å². The first kappa shape index (κ1) is 10.8. The van der Waals surface area contributed by atoms with E-state index in [1.165, 1.54) is 0 Å². The SMILES string of the molecule is CCCN(C)C(CC)C(N)=S. The monoisotopic (exact) mass is 174 g/mol. The van der Waals surface area contributed by atoms with E-state index in [0.717, 1.165) is 19.4 Å². The van der Waals surface area contributed by atoms with Gasteiger partial charge in [-0.3, -0.25) is 4.90 Å². The number of nitrogens with two attached hydrogens (primary N) is 1. The Morgan fingerprint density at radius 1 is 1.55 bits per heavy atom. The van der Waals surface area contributed by atoms with Crippen molar-refractivity contribution < 1.29 is 0 Å². The average molecular weight is 174 g/mol. The minimum absolute atomic E-state index is 0.282. The molecule has 0 saturated heterocycles. The van der Waals surface area contributed by atoms with Gasteiger partial charge in [-0.05, 0) is 26.4 Å². The van der Waals surface area contributed by atoms with Crippen LogP contribution in [0.1, 0.15) is 26.7 Å². The molecule has 0 aromatic carbocycles. The summed E-state index contributed by atoms with van der Waals surface area (Å²) in [5, 5.41) is 0. The Bertz CT molecular complexity index is 125. The van der Waals surface area contributed by atoms with Crippen molar-refractivity contribution in [2.75, 3.05) is 13.6 Å². The van der Waals surface area contributed by atoms with Crippen LogP contribution in [0.15, 0.2) is 0 Å². The van der Waals surface area contributed by atoms with Gasteiger partial charge in [0.25, 0.3) is 0 Å². The van der Waals surface area contributed by atoms with Crippen LogP contribution < -0.4 is 5.73 Å². The van der Waals surface area contributed by atoms with Gasteiger partial charge in [-0.25, -0.2) is 0 Å². The van der Waals surface area contributed by atoms with E-state index in [2.05, 4.69) is 25.8 Å². The number of hydrogen-bond acceptors (Lipinski definition) is 2. The Morgan fingerprint density at radius 2 is 2.09 bits per heavy atom. The Balaban J connectivity index is 3.91. The summed E-state index contributed by atoms with van der Waals surface area (Å²) in [4.78, 5) is 2.82. The van der Waals surface area contributed by atoms with Crippen LogP contribution in [0.3, 0.4) is 0 Å². The van der Waals surface area contributed by atoms with Gasteiger partial charge in [0.05, 0.1) is 11.0 Å². The highest BCUT2D eigenvalue weighted by Crippen LogP contribution is 2.02. The van der Waals surface area contributed by atoms with Crippen LogP contribution in [0.25, 0.3) is 0 Å². The highest BCUT2D eigenvalue weighted by atomic mass is 32.1. The first-order valence-electron chi connectivity index (χ1n) is 4.13. The molecule has 0 aromatic heterocycles. The first-order chi connectivity index (χ1) is 5.13. The molecule has 0 aliphatic heterocycles. The van der Waals surface area contributed by atoms with Crippen molar-refractivity contribution in [3.05, 3.63) is 0 Å². The lowest BCUT2D eigenvalue weighted by atomic mass is 10.2. The van der Waals surface area contributed by atoms with Gasteiger partial charge in [-0.2, -0.15) is 0 Å². The number of rotatable bonds is 5. The Hall–Kier alpha value is -0.150. The minimum atomic E-state index is 0.282. The molecule has 2 N–H and O–H groups in total. The summed E-state index contributed by atoms with van der Waals surface area (Å²) in [6, 6.07) is 0.282. The maximum atomic E-state index is 5.57. The summed E-state index contributed by atoms with van der Waals surface area (Å²) in [5.74, 6) is 0. The van der Waals surface area contributed by atoms with Crippen LogP contribution in [0.4, 0.5) is 0 Å². The van der Waals surface area contributed by atoms with E-state index in [-0.39, 0.29) is 6.04 Å². The van der Waals surface area contributed by atoms with E-state index in [0.29, 0.717) is 4.99 Å². The predicted molar refractivity (Wildman–Crippen MR) is 53.8 cm³/mol. The third-order valence-corrected chi connectivity index (χ3v) is 2.10. The van der Waals surface area contributed by atoms with Gasteiger partial charge in [0.2, 0.25) is 0 Å². The fourth-order valence-corrected chi connectivity index (χ4v) is 1.59. The Morgan fingerprint density at radius 3 is 2.36 bits per heavy atom. The van der Waals surface area contributed by atoms with Gasteiger partial charge in [-0.15, -0.1) is 0 Å². The van der Waals surface area contributed by atoms with Crippen molar-refractivity contribution in [2.24, 2.45) is 5.73 Å². The van der Waals surface area contributed by atoms with E-state index < -0.39 is 0 Å². The number of thiocarbonyl (C=S) groups is 1. The molecule has 0 radical (unpaired) electrons. The van der Waals surface area contributed by atoms with Crippen LogP contribution in [0.2, 0.25) is 0 Å². The molecule has 1 unspecified atom stereocenters. The van der Waals surface area contributed by atoms with E-state index in [1.807, 2.05) is 0 Å². The third-order valence-electron chi connectivity index (χ3n) is 1.82. The van der Waals surface area contributed by atoms with Crippen molar-refractivity contribution in [1.29, 1.82) is 0 Å². The van der Waals surface area contributed by atoms with Gasteiger partial charge < -0.3 is 5.73 Å². The van der Waals surface area contributed by atoms with E-state index in [1.54, 1.807) is 0 Å². The second kappa shape index (κ2) is 5.49. The molecule has 11 heavy (non-hydrogen) atoms. The maximum absolute atomic E-state index is 5.57. The van der Waals surface area contributed by atoms with E-state index >= 15 is 0 Å². The first-order valence-corrected chi connectivity index (χ1v) is 4.53. The van der Waals surface area contributed by atoms with E-state index in [4.69, 9.17) is 18.0 Å². The second-order valence-electron chi connectivity index (χ2n) is 2.81. The highest BCUT2D eigenvalue weighted by molar-refractivity contribution is 7.80. The van der Waals surface area contributed by atoms with Gasteiger partial charge in [-0.1, -0.05) is 26.1 Å². The molecule has 0 heterocycles. The number of likely N-dealkylation sites (N-methyl/N-ethyl adjacent to an activating group) is 1. The summed E-state index contributed by atoms with van der Waals surface area (Å²) in [5.41, 5.74) is 5.57. The van der Waals surface area contributed by atoms with Crippen molar-refractivity contribution in [1.82, 2.24) is 4.90 Å². The van der Waals surface area contributed by atoms with Crippen molar-refractivity contribution in [3.63, 3.8) is 0 Å². The molecule has 0 aliphatic rings. The molecule has 0 fully saturated rings. The fourth-order valence-electron chi connectivity index (χ4n) is 1.24. The summed E-state index contributed by atoms with van der Waals surface area (Å²) in [6.45, 7) is 5.33. The molecular weight excluding hydrogens is 156 g/mol. The van der Waals surface area contributed by atoms with E-state index in [9.17, 15) is 0 Å². The molecule has 0 spiro atoms. The zero-order chi connectivity index (χ0) is 8.85. The fraction of sp³-hybridized carbons (Fsp3) is 0.875. The van der Waals surface area contributed by atoms with Crippen LogP contribution >= 0.6 is 12.2 Å². The van der Waals surface area contributed by atoms with Gasteiger partial charge in [0.15, 0.2) is 0 Å². The Kier molecular flexibility index (Phi) is 5.42. The minimum Gasteiger partial charge on any atom is -0.392 e. The quantitative estimate of drug-likeness (QED) is 0.639.